The smallest absolute Gasteiger partial charge is 0.232 e. The van der Waals surface area contributed by atoms with E-state index in [9.17, 15) is 4.79 Å². The Morgan fingerprint density at radius 2 is 1.70 bits per heavy atom. The summed E-state index contributed by atoms with van der Waals surface area (Å²) in [5.41, 5.74) is 7.49. The maximum Gasteiger partial charge on any atom is 0.232 e. The molecule has 4 nitrogen and oxygen atoms in total. The molecule has 0 aromatic heterocycles. The van der Waals surface area contributed by atoms with E-state index in [0.29, 0.717) is 12.0 Å². The van der Waals surface area contributed by atoms with Crippen molar-refractivity contribution < 1.29 is 9.53 Å². The molecule has 6 rings (SSSR count). The normalized spacial score (nSPS) is 21.5. The number of carbonyl (C=O) groups excluding carboxylic acids is 1. The molecule has 1 amide bonds. The van der Waals surface area contributed by atoms with Gasteiger partial charge in [0.2, 0.25) is 5.91 Å². The zero-order valence-corrected chi connectivity index (χ0v) is 19.1. The van der Waals surface area contributed by atoms with Crippen molar-refractivity contribution in [2.24, 2.45) is 5.92 Å². The monoisotopic (exact) mass is 438 g/mol. The van der Waals surface area contributed by atoms with E-state index in [0.717, 1.165) is 55.8 Å². The van der Waals surface area contributed by atoms with Gasteiger partial charge in [0, 0.05) is 19.1 Å². The highest BCUT2D eigenvalue weighted by Crippen LogP contribution is 2.45. The lowest BCUT2D eigenvalue weighted by Gasteiger charge is -2.43. The fourth-order valence-corrected chi connectivity index (χ4v) is 6.16. The Hall–Kier alpha value is -3.11. The fraction of sp³-hybridized carbons (Fsp3) is 0.345. The average Bonchev–Trinajstić information content (AvgIpc) is 3.21. The van der Waals surface area contributed by atoms with Crippen molar-refractivity contribution in [3.63, 3.8) is 0 Å². The van der Waals surface area contributed by atoms with Crippen LogP contribution in [0.2, 0.25) is 0 Å². The number of nitrogens with zero attached hydrogens (tertiary/aromatic N) is 1. The van der Waals surface area contributed by atoms with Crippen LogP contribution in [0.3, 0.4) is 0 Å². The Morgan fingerprint density at radius 1 is 0.970 bits per heavy atom. The number of hydrogen-bond donors (Lipinski definition) is 1. The first-order valence-electron chi connectivity index (χ1n) is 12.1. The summed E-state index contributed by atoms with van der Waals surface area (Å²) in [6.07, 6.45) is 3.32. The van der Waals surface area contributed by atoms with Crippen LogP contribution in [-0.2, 0) is 11.2 Å². The number of fused-ring (bicyclic) bond motifs is 6. The van der Waals surface area contributed by atoms with Crippen molar-refractivity contribution in [1.82, 2.24) is 10.2 Å². The molecule has 0 bridgehead atoms. The molecule has 0 spiro atoms. The number of methoxy groups -OCH3 is 1. The molecule has 0 saturated carbocycles. The molecular formula is C29H30N2O2. The number of hydrogen-bond acceptors (Lipinski definition) is 3. The van der Waals surface area contributed by atoms with Crippen LogP contribution in [0.25, 0.3) is 11.1 Å². The second-order valence-electron chi connectivity index (χ2n) is 9.61. The zero-order chi connectivity index (χ0) is 22.4. The highest BCUT2D eigenvalue weighted by molar-refractivity contribution is 5.96. The molecule has 4 heteroatoms. The molecule has 168 valence electrons. The second-order valence-corrected chi connectivity index (χ2v) is 9.61. The molecule has 2 atom stereocenters. The van der Waals surface area contributed by atoms with Gasteiger partial charge in [0.15, 0.2) is 0 Å². The molecule has 3 aromatic carbocycles. The maximum absolute atomic E-state index is 13.4. The van der Waals surface area contributed by atoms with E-state index >= 15 is 0 Å². The molecule has 1 saturated heterocycles. The Morgan fingerprint density at radius 3 is 2.42 bits per heavy atom. The van der Waals surface area contributed by atoms with Crippen LogP contribution in [0.15, 0.2) is 66.7 Å². The lowest BCUT2D eigenvalue weighted by Crippen LogP contribution is -2.44. The largest absolute Gasteiger partial charge is 0.497 e. The lowest BCUT2D eigenvalue weighted by atomic mass is 9.82. The van der Waals surface area contributed by atoms with E-state index in [1.807, 2.05) is 12.1 Å². The lowest BCUT2D eigenvalue weighted by molar-refractivity contribution is -0.121. The van der Waals surface area contributed by atoms with Gasteiger partial charge < -0.3 is 10.1 Å². The summed E-state index contributed by atoms with van der Waals surface area (Å²) in [4.78, 5) is 16.1. The molecule has 3 aliphatic rings. The first kappa shape index (κ1) is 20.5. The quantitative estimate of drug-likeness (QED) is 0.628. The van der Waals surface area contributed by atoms with Gasteiger partial charge >= 0.3 is 0 Å². The molecule has 0 radical (unpaired) electrons. The van der Waals surface area contributed by atoms with E-state index in [1.54, 1.807) is 7.11 Å². The molecular weight excluding hydrogens is 408 g/mol. The number of benzene rings is 3. The van der Waals surface area contributed by atoms with Gasteiger partial charge in [-0.3, -0.25) is 9.69 Å². The van der Waals surface area contributed by atoms with Gasteiger partial charge in [-0.05, 0) is 77.2 Å². The van der Waals surface area contributed by atoms with Gasteiger partial charge in [-0.1, -0.05) is 54.6 Å². The van der Waals surface area contributed by atoms with Gasteiger partial charge in [-0.2, -0.15) is 0 Å². The number of ether oxygens (including phenoxy) is 1. The molecule has 1 fully saturated rings. The first-order valence-corrected chi connectivity index (χ1v) is 12.1. The van der Waals surface area contributed by atoms with Crippen LogP contribution in [0.1, 0.15) is 47.1 Å². The summed E-state index contributed by atoms with van der Waals surface area (Å²) in [6, 6.07) is 23.6. The summed E-state index contributed by atoms with van der Waals surface area (Å²) in [7, 11) is 1.73. The molecule has 33 heavy (non-hydrogen) atoms. The van der Waals surface area contributed by atoms with Crippen LogP contribution in [0.5, 0.6) is 5.75 Å². The van der Waals surface area contributed by atoms with Crippen molar-refractivity contribution >= 4 is 5.91 Å². The first-order chi connectivity index (χ1) is 16.2. The second kappa shape index (κ2) is 8.35. The molecule has 2 unspecified atom stereocenters. The average molecular weight is 439 g/mol. The summed E-state index contributed by atoms with van der Waals surface area (Å²) in [5, 5.41) is 3.34. The van der Waals surface area contributed by atoms with Crippen molar-refractivity contribution in [2.75, 3.05) is 26.7 Å². The van der Waals surface area contributed by atoms with Gasteiger partial charge in [0.1, 0.15) is 5.75 Å². The van der Waals surface area contributed by atoms with E-state index < -0.39 is 0 Å². The van der Waals surface area contributed by atoms with Crippen LogP contribution < -0.4 is 10.1 Å². The number of piperidine rings is 1. The van der Waals surface area contributed by atoms with Gasteiger partial charge in [0.25, 0.3) is 0 Å². The number of rotatable bonds is 4. The van der Waals surface area contributed by atoms with Crippen LogP contribution in [0, 0.1) is 5.92 Å². The molecule has 2 heterocycles. The molecule has 3 aromatic rings. The minimum Gasteiger partial charge on any atom is -0.497 e. The van der Waals surface area contributed by atoms with Crippen molar-refractivity contribution in [3.8, 4) is 16.9 Å². The van der Waals surface area contributed by atoms with E-state index in [-0.39, 0.29) is 11.8 Å². The zero-order valence-electron chi connectivity index (χ0n) is 19.1. The molecule has 1 aliphatic carbocycles. The third-order valence-corrected chi connectivity index (χ3v) is 7.86. The maximum atomic E-state index is 13.4. The summed E-state index contributed by atoms with van der Waals surface area (Å²) in [6.45, 7) is 2.96. The van der Waals surface area contributed by atoms with Gasteiger partial charge in [-0.15, -0.1) is 0 Å². The number of nitrogens with one attached hydrogen (secondary N) is 1. The summed E-state index contributed by atoms with van der Waals surface area (Å²) >= 11 is 0. The SMILES string of the molecule is COc1ccc2c(c1)CCN1CCC(CNC(=O)C3c4ccccc4-c4ccccc43)CC21. The standard InChI is InChI=1S/C29H30N2O2/c1-33-21-10-11-22-20(17-21)13-15-31-14-12-19(16-27(22)31)18-30-29(32)28-25-8-4-2-6-23(25)24-7-3-5-9-26(24)28/h2-11,17,19,27-28H,12-16,18H2,1H3,(H,30,32). The Balaban J connectivity index is 1.17. The van der Waals surface area contributed by atoms with Crippen molar-refractivity contribution in [3.05, 3.63) is 89.0 Å². The third-order valence-electron chi connectivity index (χ3n) is 7.86. The Bertz CT molecular complexity index is 1160. The van der Waals surface area contributed by atoms with Crippen LogP contribution in [0.4, 0.5) is 0 Å². The Kier molecular flexibility index (Phi) is 5.18. The highest BCUT2D eigenvalue weighted by Gasteiger charge is 2.36. The van der Waals surface area contributed by atoms with E-state index in [1.165, 1.54) is 22.3 Å². The van der Waals surface area contributed by atoms with Crippen LogP contribution in [-0.4, -0.2) is 37.6 Å². The fourth-order valence-electron chi connectivity index (χ4n) is 6.16. The molecule has 2 aliphatic heterocycles. The number of carbonyl (C=O) groups is 1. The summed E-state index contributed by atoms with van der Waals surface area (Å²) < 4.78 is 5.44. The third kappa shape index (κ3) is 3.53. The topological polar surface area (TPSA) is 41.6 Å². The van der Waals surface area contributed by atoms with Crippen LogP contribution >= 0.6 is 0 Å². The minimum atomic E-state index is -0.208. The summed E-state index contributed by atoms with van der Waals surface area (Å²) in [5.74, 6) is 1.36. The Labute approximate surface area is 195 Å². The van der Waals surface area contributed by atoms with E-state index in [4.69, 9.17) is 4.74 Å². The highest BCUT2D eigenvalue weighted by atomic mass is 16.5. The van der Waals surface area contributed by atoms with Gasteiger partial charge in [0.05, 0.1) is 13.0 Å². The minimum absolute atomic E-state index is 0.128. The van der Waals surface area contributed by atoms with Gasteiger partial charge in [-0.25, -0.2) is 0 Å². The predicted octanol–water partition coefficient (Wildman–Crippen LogP) is 4.93. The van der Waals surface area contributed by atoms with E-state index in [2.05, 4.69) is 64.8 Å². The van der Waals surface area contributed by atoms with Crippen molar-refractivity contribution in [2.45, 2.75) is 31.2 Å². The molecule has 1 N–H and O–H groups in total. The number of amides is 1. The van der Waals surface area contributed by atoms with Crippen molar-refractivity contribution in [1.29, 1.82) is 0 Å². The predicted molar refractivity (Wildman–Crippen MR) is 130 cm³/mol.